The van der Waals surface area contributed by atoms with Crippen molar-refractivity contribution in [3.8, 4) is 5.75 Å². The fourth-order valence-corrected chi connectivity index (χ4v) is 2.80. The average Bonchev–Trinajstić information content (AvgIpc) is 2.65. The van der Waals surface area contributed by atoms with Crippen molar-refractivity contribution < 1.29 is 24.2 Å². The molecular weight excluding hydrogens is 336 g/mol. The van der Waals surface area contributed by atoms with Gasteiger partial charge in [0.05, 0.1) is 13.2 Å². The summed E-state index contributed by atoms with van der Waals surface area (Å²) in [6, 6.07) is 11.5. The molecule has 2 aromatic carbocycles. The molecule has 0 radical (unpaired) electrons. The molecule has 0 aliphatic carbocycles. The molecule has 1 aliphatic heterocycles. The number of amides is 1. The van der Waals surface area contributed by atoms with Crippen LogP contribution in [0, 0.1) is 0 Å². The van der Waals surface area contributed by atoms with Crippen LogP contribution in [0.15, 0.2) is 36.4 Å². The Kier molecular flexibility index (Phi) is 6.04. The predicted molar refractivity (Wildman–Crippen MR) is 95.9 cm³/mol. The second-order valence-electron chi connectivity index (χ2n) is 6.16. The third kappa shape index (κ3) is 5.18. The van der Waals surface area contributed by atoms with E-state index in [1.54, 1.807) is 0 Å². The lowest BCUT2D eigenvalue weighted by atomic mass is 10.0. The standard InChI is InChI=1S/C19H22N2O5/c22-18(20-21-7-9-25-10-8-21)13-26-17-5-4-15-3-1-14(2-6-19(23)24)11-16(15)12-17/h1,3-5,11-12H,2,6-10,13H2,(H,20,22)(H,23,24). The van der Waals surface area contributed by atoms with Crippen molar-refractivity contribution in [1.82, 2.24) is 10.4 Å². The van der Waals surface area contributed by atoms with E-state index in [4.69, 9.17) is 14.6 Å². The highest BCUT2D eigenvalue weighted by atomic mass is 16.5. The Labute approximate surface area is 151 Å². The first kappa shape index (κ1) is 18.2. The van der Waals surface area contributed by atoms with Crippen LogP contribution in [0.3, 0.4) is 0 Å². The van der Waals surface area contributed by atoms with Crippen molar-refractivity contribution >= 4 is 22.6 Å². The normalized spacial score (nSPS) is 14.9. The van der Waals surface area contributed by atoms with Crippen LogP contribution < -0.4 is 10.2 Å². The van der Waals surface area contributed by atoms with Gasteiger partial charge < -0.3 is 14.6 Å². The van der Waals surface area contributed by atoms with E-state index in [-0.39, 0.29) is 18.9 Å². The van der Waals surface area contributed by atoms with Crippen LogP contribution in [0.2, 0.25) is 0 Å². The number of benzene rings is 2. The van der Waals surface area contributed by atoms with Crippen LogP contribution in [0.25, 0.3) is 10.8 Å². The van der Waals surface area contributed by atoms with Gasteiger partial charge in [0.1, 0.15) is 5.75 Å². The molecule has 0 atom stereocenters. The smallest absolute Gasteiger partial charge is 0.303 e. The summed E-state index contributed by atoms with van der Waals surface area (Å²) in [6.45, 7) is 2.48. The Balaban J connectivity index is 1.58. The molecular formula is C19H22N2O5. The van der Waals surface area contributed by atoms with Crippen molar-refractivity contribution in [2.45, 2.75) is 12.8 Å². The van der Waals surface area contributed by atoms with Crippen LogP contribution in [0.5, 0.6) is 5.75 Å². The Hall–Kier alpha value is -2.64. The summed E-state index contributed by atoms with van der Waals surface area (Å²) in [5.74, 6) is -0.416. The van der Waals surface area contributed by atoms with Gasteiger partial charge in [-0.15, -0.1) is 0 Å². The number of nitrogens with one attached hydrogen (secondary N) is 1. The van der Waals surface area contributed by atoms with Gasteiger partial charge in [-0.1, -0.05) is 24.3 Å². The van der Waals surface area contributed by atoms with Crippen molar-refractivity contribution in [3.63, 3.8) is 0 Å². The van der Waals surface area contributed by atoms with Gasteiger partial charge in [0, 0.05) is 19.5 Å². The predicted octanol–water partition coefficient (Wildman–Crippen LogP) is 1.60. The Morgan fingerprint density at radius 1 is 1.12 bits per heavy atom. The molecule has 1 amide bonds. The molecule has 0 unspecified atom stereocenters. The highest BCUT2D eigenvalue weighted by molar-refractivity contribution is 5.85. The first-order chi connectivity index (χ1) is 12.6. The summed E-state index contributed by atoms with van der Waals surface area (Å²) >= 11 is 0. The molecule has 138 valence electrons. The van der Waals surface area contributed by atoms with Gasteiger partial charge in [-0.3, -0.25) is 15.0 Å². The molecule has 26 heavy (non-hydrogen) atoms. The number of carbonyl (C=O) groups excluding carboxylic acids is 1. The van der Waals surface area contributed by atoms with Crippen LogP contribution in [0.1, 0.15) is 12.0 Å². The summed E-state index contributed by atoms with van der Waals surface area (Å²) in [7, 11) is 0. The number of fused-ring (bicyclic) bond motifs is 1. The van der Waals surface area contributed by atoms with Crippen molar-refractivity contribution in [2.24, 2.45) is 0 Å². The zero-order valence-electron chi connectivity index (χ0n) is 14.4. The number of morpholine rings is 1. The number of rotatable bonds is 7. The molecule has 2 N–H and O–H groups in total. The maximum atomic E-state index is 12.0. The van der Waals surface area contributed by atoms with Crippen LogP contribution in [-0.4, -0.2) is 54.9 Å². The van der Waals surface area contributed by atoms with Gasteiger partial charge >= 0.3 is 5.97 Å². The summed E-state index contributed by atoms with van der Waals surface area (Å²) in [5, 5.41) is 12.6. The molecule has 7 nitrogen and oxygen atoms in total. The molecule has 7 heteroatoms. The molecule has 3 rings (SSSR count). The molecule has 2 aromatic rings. The van der Waals surface area contributed by atoms with Crippen LogP contribution in [0.4, 0.5) is 0 Å². The zero-order valence-corrected chi connectivity index (χ0v) is 14.4. The van der Waals surface area contributed by atoms with E-state index in [9.17, 15) is 9.59 Å². The molecule has 1 saturated heterocycles. The van der Waals surface area contributed by atoms with E-state index >= 15 is 0 Å². The quantitative estimate of drug-likeness (QED) is 0.782. The summed E-state index contributed by atoms with van der Waals surface area (Å²) in [6.07, 6.45) is 0.585. The number of hydrogen-bond donors (Lipinski definition) is 2. The fourth-order valence-electron chi connectivity index (χ4n) is 2.80. The van der Waals surface area contributed by atoms with Gasteiger partial charge in [0.15, 0.2) is 6.61 Å². The van der Waals surface area contributed by atoms with Crippen LogP contribution >= 0.6 is 0 Å². The molecule has 1 aliphatic rings. The Morgan fingerprint density at radius 2 is 1.88 bits per heavy atom. The lowest BCUT2D eigenvalue weighted by molar-refractivity contribution is -0.137. The monoisotopic (exact) mass is 358 g/mol. The fraction of sp³-hybridized carbons (Fsp3) is 0.368. The van der Waals surface area contributed by atoms with E-state index in [0.717, 1.165) is 16.3 Å². The third-order valence-electron chi connectivity index (χ3n) is 4.17. The minimum Gasteiger partial charge on any atom is -0.484 e. The zero-order chi connectivity index (χ0) is 18.4. The molecule has 1 heterocycles. The summed E-state index contributed by atoms with van der Waals surface area (Å²) in [4.78, 5) is 22.7. The second kappa shape index (κ2) is 8.64. The Morgan fingerprint density at radius 3 is 2.65 bits per heavy atom. The van der Waals surface area contributed by atoms with Gasteiger partial charge in [-0.2, -0.15) is 0 Å². The van der Waals surface area contributed by atoms with E-state index in [0.29, 0.717) is 38.5 Å². The number of nitrogens with zero attached hydrogens (tertiary/aromatic N) is 1. The average molecular weight is 358 g/mol. The van der Waals surface area contributed by atoms with Crippen molar-refractivity contribution in [1.29, 1.82) is 0 Å². The number of ether oxygens (including phenoxy) is 2. The summed E-state index contributed by atoms with van der Waals surface area (Å²) in [5.41, 5.74) is 3.76. The van der Waals surface area contributed by atoms with Gasteiger partial charge in [0.25, 0.3) is 5.91 Å². The number of carboxylic acid groups (broad SMARTS) is 1. The highest BCUT2D eigenvalue weighted by Crippen LogP contribution is 2.22. The lowest BCUT2D eigenvalue weighted by Crippen LogP contribution is -2.49. The molecule has 0 saturated carbocycles. The van der Waals surface area contributed by atoms with Crippen LogP contribution in [-0.2, 0) is 20.7 Å². The van der Waals surface area contributed by atoms with E-state index in [1.165, 1.54) is 0 Å². The Bertz CT molecular complexity index is 787. The van der Waals surface area contributed by atoms with E-state index in [2.05, 4.69) is 5.43 Å². The molecule has 1 fully saturated rings. The molecule has 0 spiro atoms. The first-order valence-electron chi connectivity index (χ1n) is 8.59. The number of hydrogen-bond acceptors (Lipinski definition) is 5. The third-order valence-corrected chi connectivity index (χ3v) is 4.17. The second-order valence-corrected chi connectivity index (χ2v) is 6.16. The molecule has 0 bridgehead atoms. The number of aliphatic carboxylic acids is 1. The molecule has 0 aromatic heterocycles. The van der Waals surface area contributed by atoms with Crippen molar-refractivity contribution in [3.05, 3.63) is 42.0 Å². The number of carbonyl (C=O) groups is 2. The minimum absolute atomic E-state index is 0.0679. The highest BCUT2D eigenvalue weighted by Gasteiger charge is 2.13. The minimum atomic E-state index is -0.812. The van der Waals surface area contributed by atoms with E-state index in [1.807, 2.05) is 41.4 Å². The van der Waals surface area contributed by atoms with Gasteiger partial charge in [0.2, 0.25) is 0 Å². The number of aryl methyl sites for hydroxylation is 1. The van der Waals surface area contributed by atoms with Gasteiger partial charge in [-0.25, -0.2) is 5.01 Å². The number of hydrazine groups is 1. The van der Waals surface area contributed by atoms with Gasteiger partial charge in [-0.05, 0) is 34.9 Å². The SMILES string of the molecule is O=C(O)CCc1ccc2ccc(OCC(=O)NN3CCOCC3)cc2c1. The largest absolute Gasteiger partial charge is 0.484 e. The number of carboxylic acids is 1. The summed E-state index contributed by atoms with van der Waals surface area (Å²) < 4.78 is 10.8. The topological polar surface area (TPSA) is 88.1 Å². The maximum absolute atomic E-state index is 12.0. The van der Waals surface area contributed by atoms with E-state index < -0.39 is 5.97 Å². The lowest BCUT2D eigenvalue weighted by Gasteiger charge is -2.26. The maximum Gasteiger partial charge on any atom is 0.303 e. The first-order valence-corrected chi connectivity index (χ1v) is 8.59. The van der Waals surface area contributed by atoms with Crippen molar-refractivity contribution in [2.75, 3.05) is 32.9 Å².